The molecule has 23 heavy (non-hydrogen) atoms. The largest absolute Gasteiger partial charge is 0.370 e. The maximum absolute atomic E-state index is 4.70. The van der Waals surface area contributed by atoms with E-state index in [0.717, 1.165) is 55.4 Å². The zero-order chi connectivity index (χ0) is 15.9. The molecule has 1 fully saturated rings. The van der Waals surface area contributed by atoms with Crippen LogP contribution in [-0.2, 0) is 6.42 Å². The van der Waals surface area contributed by atoms with Crippen molar-refractivity contribution in [3.63, 3.8) is 0 Å². The summed E-state index contributed by atoms with van der Waals surface area (Å²) in [5.74, 6) is 2.39. The zero-order valence-corrected chi connectivity index (χ0v) is 13.8. The topological polar surface area (TPSA) is 62.7 Å². The molecule has 0 saturated carbocycles. The molecule has 2 aromatic rings. The van der Waals surface area contributed by atoms with E-state index in [1.165, 1.54) is 12.8 Å². The van der Waals surface area contributed by atoms with Gasteiger partial charge in [-0.1, -0.05) is 13.3 Å². The number of aromatic nitrogens is 3. The summed E-state index contributed by atoms with van der Waals surface area (Å²) in [4.78, 5) is 13.5. The van der Waals surface area contributed by atoms with Crippen LogP contribution in [0.15, 0.2) is 30.6 Å². The highest BCUT2D eigenvalue weighted by Gasteiger charge is 2.13. The number of hydrogen-bond donors (Lipinski definition) is 2. The van der Waals surface area contributed by atoms with E-state index in [0.29, 0.717) is 5.92 Å². The van der Waals surface area contributed by atoms with Crippen molar-refractivity contribution in [1.82, 2.24) is 20.3 Å². The molecular weight excluding hydrogens is 286 g/mol. The average molecular weight is 311 g/mol. The van der Waals surface area contributed by atoms with Crippen LogP contribution in [0.25, 0.3) is 11.4 Å². The van der Waals surface area contributed by atoms with Crippen LogP contribution in [0.1, 0.15) is 31.9 Å². The van der Waals surface area contributed by atoms with Gasteiger partial charge in [-0.15, -0.1) is 0 Å². The number of nitrogens with one attached hydrogen (secondary N) is 2. The number of pyridine rings is 1. The van der Waals surface area contributed by atoms with Crippen molar-refractivity contribution in [2.45, 2.75) is 32.6 Å². The van der Waals surface area contributed by atoms with Crippen LogP contribution in [-0.4, -0.2) is 34.6 Å². The predicted octanol–water partition coefficient (Wildman–Crippen LogP) is 2.90. The van der Waals surface area contributed by atoms with E-state index in [9.17, 15) is 0 Å². The van der Waals surface area contributed by atoms with Gasteiger partial charge in [0.05, 0.1) is 0 Å². The Morgan fingerprint density at radius 3 is 2.87 bits per heavy atom. The van der Waals surface area contributed by atoms with Gasteiger partial charge in [-0.05, 0) is 50.4 Å². The second-order valence-electron chi connectivity index (χ2n) is 6.15. The van der Waals surface area contributed by atoms with Crippen molar-refractivity contribution in [2.75, 3.05) is 25.0 Å². The molecular formula is C18H25N5. The van der Waals surface area contributed by atoms with E-state index in [1.54, 1.807) is 12.4 Å². The van der Waals surface area contributed by atoms with E-state index in [4.69, 9.17) is 9.97 Å². The lowest BCUT2D eigenvalue weighted by Gasteiger charge is -2.23. The van der Waals surface area contributed by atoms with Gasteiger partial charge in [-0.2, -0.15) is 0 Å². The van der Waals surface area contributed by atoms with E-state index in [2.05, 4.69) is 28.6 Å². The Morgan fingerprint density at radius 1 is 1.26 bits per heavy atom. The smallest absolute Gasteiger partial charge is 0.161 e. The Hall–Kier alpha value is -2.01. The van der Waals surface area contributed by atoms with E-state index in [1.807, 2.05) is 12.1 Å². The minimum atomic E-state index is 0.678. The minimum Gasteiger partial charge on any atom is -0.370 e. The molecule has 1 unspecified atom stereocenters. The standard InChI is InChI=1S/C18H25N5/c1-2-4-16-11-17(21-13-14-5-3-8-20-12-14)23-18(22-16)15-6-9-19-10-7-15/h6-7,9-11,14,20H,2-5,8,12-13H2,1H3,(H,21,22,23). The van der Waals surface area contributed by atoms with Gasteiger partial charge in [-0.3, -0.25) is 4.98 Å². The Labute approximate surface area is 138 Å². The first-order chi connectivity index (χ1) is 11.3. The highest BCUT2D eigenvalue weighted by Crippen LogP contribution is 2.19. The number of nitrogens with zero attached hydrogens (tertiary/aromatic N) is 3. The molecule has 2 aromatic heterocycles. The van der Waals surface area contributed by atoms with Gasteiger partial charge in [0.1, 0.15) is 5.82 Å². The lowest BCUT2D eigenvalue weighted by molar-refractivity contribution is 0.392. The molecule has 3 heterocycles. The molecule has 1 saturated heterocycles. The molecule has 2 N–H and O–H groups in total. The fraction of sp³-hybridized carbons (Fsp3) is 0.500. The Morgan fingerprint density at radius 2 is 2.13 bits per heavy atom. The number of piperidine rings is 1. The van der Waals surface area contributed by atoms with E-state index in [-0.39, 0.29) is 0 Å². The molecule has 0 aromatic carbocycles. The number of aryl methyl sites for hydroxylation is 1. The second-order valence-corrected chi connectivity index (χ2v) is 6.15. The van der Waals surface area contributed by atoms with Crippen LogP contribution in [0, 0.1) is 5.92 Å². The van der Waals surface area contributed by atoms with Crippen LogP contribution in [0.3, 0.4) is 0 Å². The first kappa shape index (κ1) is 15.9. The van der Waals surface area contributed by atoms with Gasteiger partial charge < -0.3 is 10.6 Å². The monoisotopic (exact) mass is 311 g/mol. The van der Waals surface area contributed by atoms with Crippen molar-refractivity contribution in [3.05, 3.63) is 36.3 Å². The van der Waals surface area contributed by atoms with Crippen LogP contribution >= 0.6 is 0 Å². The summed E-state index contributed by atoms with van der Waals surface area (Å²) in [5.41, 5.74) is 2.11. The van der Waals surface area contributed by atoms with Gasteiger partial charge >= 0.3 is 0 Å². The first-order valence-electron chi connectivity index (χ1n) is 8.58. The second kappa shape index (κ2) is 8.02. The molecule has 1 aliphatic heterocycles. The molecule has 3 rings (SSSR count). The van der Waals surface area contributed by atoms with E-state index >= 15 is 0 Å². The molecule has 5 nitrogen and oxygen atoms in total. The SMILES string of the molecule is CCCc1cc(NCC2CCCNC2)nc(-c2ccncc2)n1. The molecule has 5 heteroatoms. The van der Waals surface area contributed by atoms with Gasteiger partial charge in [0.2, 0.25) is 0 Å². The Kier molecular flexibility index (Phi) is 5.53. The minimum absolute atomic E-state index is 0.678. The van der Waals surface area contributed by atoms with Crippen molar-refractivity contribution in [3.8, 4) is 11.4 Å². The third-order valence-corrected chi connectivity index (χ3v) is 4.19. The number of hydrogen-bond acceptors (Lipinski definition) is 5. The maximum Gasteiger partial charge on any atom is 0.161 e. The summed E-state index contributed by atoms with van der Waals surface area (Å²) in [7, 11) is 0. The molecule has 122 valence electrons. The van der Waals surface area contributed by atoms with Crippen molar-refractivity contribution < 1.29 is 0 Å². The predicted molar refractivity (Wildman–Crippen MR) is 93.3 cm³/mol. The summed E-state index contributed by atoms with van der Waals surface area (Å²) < 4.78 is 0. The fourth-order valence-corrected chi connectivity index (χ4v) is 2.95. The highest BCUT2D eigenvalue weighted by atomic mass is 15.0. The average Bonchev–Trinajstić information content (AvgIpc) is 2.62. The summed E-state index contributed by atoms with van der Waals surface area (Å²) in [6, 6.07) is 6.00. The number of rotatable bonds is 6. The summed E-state index contributed by atoms with van der Waals surface area (Å²) in [6.07, 6.45) is 8.17. The molecule has 0 bridgehead atoms. The van der Waals surface area contributed by atoms with Gasteiger partial charge in [0.15, 0.2) is 5.82 Å². The van der Waals surface area contributed by atoms with Crippen molar-refractivity contribution >= 4 is 5.82 Å². The summed E-state index contributed by atoms with van der Waals surface area (Å²) >= 11 is 0. The third kappa shape index (κ3) is 4.48. The van der Waals surface area contributed by atoms with E-state index < -0.39 is 0 Å². The lowest BCUT2D eigenvalue weighted by Crippen LogP contribution is -2.33. The Bertz CT molecular complexity index is 608. The lowest BCUT2D eigenvalue weighted by atomic mass is 10.00. The van der Waals surface area contributed by atoms with Crippen LogP contribution in [0.4, 0.5) is 5.82 Å². The third-order valence-electron chi connectivity index (χ3n) is 4.19. The number of anilines is 1. The fourth-order valence-electron chi connectivity index (χ4n) is 2.95. The molecule has 0 radical (unpaired) electrons. The summed E-state index contributed by atoms with van der Waals surface area (Å²) in [5, 5.41) is 6.98. The quantitative estimate of drug-likeness (QED) is 0.859. The van der Waals surface area contributed by atoms with Gasteiger partial charge in [0.25, 0.3) is 0 Å². The van der Waals surface area contributed by atoms with Gasteiger partial charge in [0, 0.05) is 36.3 Å². The van der Waals surface area contributed by atoms with Crippen molar-refractivity contribution in [2.24, 2.45) is 5.92 Å². The Balaban J connectivity index is 1.76. The summed E-state index contributed by atoms with van der Waals surface area (Å²) in [6.45, 7) is 5.38. The first-order valence-corrected chi connectivity index (χ1v) is 8.58. The highest BCUT2D eigenvalue weighted by molar-refractivity contribution is 5.56. The van der Waals surface area contributed by atoms with Crippen LogP contribution in [0.2, 0.25) is 0 Å². The molecule has 0 amide bonds. The van der Waals surface area contributed by atoms with Crippen LogP contribution in [0.5, 0.6) is 0 Å². The normalized spacial score (nSPS) is 17.9. The maximum atomic E-state index is 4.70. The molecule has 0 aliphatic carbocycles. The van der Waals surface area contributed by atoms with Crippen molar-refractivity contribution in [1.29, 1.82) is 0 Å². The molecule has 0 spiro atoms. The molecule has 1 atom stereocenters. The van der Waals surface area contributed by atoms with Crippen LogP contribution < -0.4 is 10.6 Å². The van der Waals surface area contributed by atoms with Gasteiger partial charge in [-0.25, -0.2) is 9.97 Å². The zero-order valence-electron chi connectivity index (χ0n) is 13.8. The molecule has 1 aliphatic rings.